The molecule has 0 spiro atoms. The molecule has 0 aromatic heterocycles. The third-order valence-corrected chi connectivity index (χ3v) is 5.80. The van der Waals surface area contributed by atoms with E-state index in [9.17, 15) is 8.42 Å². The van der Waals surface area contributed by atoms with Crippen LogP contribution in [-0.4, -0.2) is 32.4 Å². The molecule has 0 unspecified atom stereocenters. The summed E-state index contributed by atoms with van der Waals surface area (Å²) in [7, 11) is -3.34. The first-order chi connectivity index (χ1) is 8.54. The van der Waals surface area contributed by atoms with Gasteiger partial charge in [-0.05, 0) is 49.6 Å². The van der Waals surface area contributed by atoms with Crippen molar-refractivity contribution >= 4 is 38.4 Å². The van der Waals surface area contributed by atoms with Crippen LogP contribution in [0.25, 0.3) is 0 Å². The predicted molar refractivity (Wildman–Crippen MR) is 81.9 cm³/mol. The van der Waals surface area contributed by atoms with Crippen molar-refractivity contribution in [2.75, 3.05) is 19.6 Å². The van der Waals surface area contributed by atoms with E-state index in [2.05, 4.69) is 15.9 Å². The highest BCUT2D eigenvalue weighted by Gasteiger charge is 2.28. The molecule has 4 nitrogen and oxygen atoms in total. The molecule has 7 heteroatoms. The first-order valence-corrected chi connectivity index (χ1v) is 8.23. The summed E-state index contributed by atoms with van der Waals surface area (Å²) in [6.07, 6.45) is 1.71. The second-order valence-electron chi connectivity index (χ2n) is 4.54. The van der Waals surface area contributed by atoms with E-state index in [1.807, 2.05) is 0 Å². The van der Waals surface area contributed by atoms with E-state index in [1.54, 1.807) is 28.6 Å². The summed E-state index contributed by atoms with van der Waals surface area (Å²) in [6.45, 7) is 1.78. The van der Waals surface area contributed by atoms with Gasteiger partial charge >= 0.3 is 0 Å². The molecule has 1 saturated heterocycles. The average Bonchev–Trinajstić information content (AvgIpc) is 2.39. The third kappa shape index (κ3) is 3.92. The van der Waals surface area contributed by atoms with Gasteiger partial charge in [0.25, 0.3) is 0 Å². The number of nitrogens with two attached hydrogens (primary N) is 1. The number of nitrogens with zero attached hydrogens (tertiary/aromatic N) is 1. The summed E-state index contributed by atoms with van der Waals surface area (Å²) < 4.78 is 27.2. The van der Waals surface area contributed by atoms with Crippen LogP contribution in [0, 0.1) is 5.92 Å². The molecule has 2 N–H and O–H groups in total. The van der Waals surface area contributed by atoms with E-state index < -0.39 is 10.0 Å². The molecule has 0 amide bonds. The van der Waals surface area contributed by atoms with Crippen LogP contribution in [-0.2, 0) is 10.0 Å². The minimum atomic E-state index is -3.34. The maximum atomic E-state index is 12.4. The zero-order valence-corrected chi connectivity index (χ0v) is 13.7. The maximum Gasteiger partial charge on any atom is 0.243 e. The molecule has 0 saturated carbocycles. The molecule has 0 bridgehead atoms. The molecule has 1 heterocycles. The summed E-state index contributed by atoms with van der Waals surface area (Å²) in [5.74, 6) is 0.460. The van der Waals surface area contributed by atoms with Gasteiger partial charge in [0.2, 0.25) is 10.0 Å². The summed E-state index contributed by atoms with van der Waals surface area (Å²) >= 11 is 3.30. The van der Waals surface area contributed by atoms with Crippen LogP contribution in [0.3, 0.4) is 0 Å². The van der Waals surface area contributed by atoms with Crippen molar-refractivity contribution in [2.45, 2.75) is 17.7 Å². The van der Waals surface area contributed by atoms with Gasteiger partial charge in [0.1, 0.15) is 0 Å². The Hall–Kier alpha value is -0.140. The minimum Gasteiger partial charge on any atom is -0.330 e. The fourth-order valence-electron chi connectivity index (χ4n) is 2.14. The van der Waals surface area contributed by atoms with Gasteiger partial charge < -0.3 is 5.73 Å². The fraction of sp³-hybridized carbons (Fsp3) is 0.500. The number of hydrogen-bond donors (Lipinski definition) is 1. The Morgan fingerprint density at radius 3 is 2.21 bits per heavy atom. The monoisotopic (exact) mass is 368 g/mol. The summed E-state index contributed by atoms with van der Waals surface area (Å²) in [4.78, 5) is 0.358. The quantitative estimate of drug-likeness (QED) is 0.888. The molecule has 1 fully saturated rings. The van der Waals surface area contributed by atoms with Crippen molar-refractivity contribution in [3.8, 4) is 0 Å². The Morgan fingerprint density at radius 1 is 1.21 bits per heavy atom. The van der Waals surface area contributed by atoms with E-state index in [4.69, 9.17) is 5.73 Å². The lowest BCUT2D eigenvalue weighted by molar-refractivity contribution is 0.278. The molecule has 1 aromatic carbocycles. The van der Waals surface area contributed by atoms with Crippen molar-refractivity contribution in [2.24, 2.45) is 11.7 Å². The van der Waals surface area contributed by atoms with Crippen molar-refractivity contribution in [3.05, 3.63) is 28.7 Å². The van der Waals surface area contributed by atoms with Gasteiger partial charge in [-0.1, -0.05) is 15.9 Å². The van der Waals surface area contributed by atoms with E-state index in [0.29, 0.717) is 30.4 Å². The number of halogens is 2. The Morgan fingerprint density at radius 2 is 1.74 bits per heavy atom. The molecular weight excluding hydrogens is 352 g/mol. The number of piperidine rings is 1. The molecular formula is C12H18BrClN2O2S. The first-order valence-electron chi connectivity index (χ1n) is 6.00. The average molecular weight is 370 g/mol. The largest absolute Gasteiger partial charge is 0.330 e. The van der Waals surface area contributed by atoms with Crippen LogP contribution in [0.2, 0.25) is 0 Å². The molecule has 19 heavy (non-hydrogen) atoms. The van der Waals surface area contributed by atoms with Crippen molar-refractivity contribution in [1.82, 2.24) is 4.31 Å². The molecule has 0 radical (unpaired) electrons. The van der Waals surface area contributed by atoms with Gasteiger partial charge in [0.15, 0.2) is 0 Å². The maximum absolute atomic E-state index is 12.4. The Kier molecular flexibility index (Phi) is 6.26. The number of hydrogen-bond acceptors (Lipinski definition) is 3. The van der Waals surface area contributed by atoms with Gasteiger partial charge in [0, 0.05) is 17.6 Å². The standard InChI is InChI=1S/C12H17BrN2O2S.ClH/c13-11-1-3-12(4-2-11)18(16,17)15-7-5-10(9-14)6-8-15;/h1-4,10H,5-9,14H2;1H. The Balaban J connectivity index is 0.00000180. The summed E-state index contributed by atoms with van der Waals surface area (Å²) in [5.41, 5.74) is 5.61. The lowest BCUT2D eigenvalue weighted by Gasteiger charge is -2.30. The van der Waals surface area contributed by atoms with Crippen LogP contribution < -0.4 is 5.73 Å². The lowest BCUT2D eigenvalue weighted by Crippen LogP contribution is -2.39. The zero-order valence-electron chi connectivity index (χ0n) is 10.5. The van der Waals surface area contributed by atoms with Gasteiger partial charge in [0.05, 0.1) is 4.90 Å². The van der Waals surface area contributed by atoms with Gasteiger partial charge in [-0.2, -0.15) is 4.31 Å². The van der Waals surface area contributed by atoms with Gasteiger partial charge in [-0.25, -0.2) is 8.42 Å². The second-order valence-corrected chi connectivity index (χ2v) is 7.39. The molecule has 1 aliphatic rings. The molecule has 1 aromatic rings. The van der Waals surface area contributed by atoms with Gasteiger partial charge in [-0.15, -0.1) is 12.4 Å². The predicted octanol–water partition coefficient (Wildman–Crippen LogP) is 2.23. The van der Waals surface area contributed by atoms with Crippen molar-refractivity contribution in [3.63, 3.8) is 0 Å². The van der Waals surface area contributed by atoms with Crippen LogP contribution in [0.5, 0.6) is 0 Å². The molecule has 1 aliphatic heterocycles. The SMILES string of the molecule is Cl.NCC1CCN(S(=O)(=O)c2ccc(Br)cc2)CC1. The summed E-state index contributed by atoms with van der Waals surface area (Å²) in [6, 6.07) is 6.77. The number of benzene rings is 1. The van der Waals surface area contributed by atoms with E-state index >= 15 is 0 Å². The zero-order chi connectivity index (χ0) is 13.2. The second kappa shape index (κ2) is 7.04. The number of rotatable bonds is 3. The van der Waals surface area contributed by atoms with Crippen molar-refractivity contribution < 1.29 is 8.42 Å². The molecule has 2 rings (SSSR count). The van der Waals surface area contributed by atoms with E-state index in [1.165, 1.54) is 0 Å². The minimum absolute atomic E-state index is 0. The lowest BCUT2D eigenvalue weighted by atomic mass is 9.99. The first kappa shape index (κ1) is 16.9. The van der Waals surface area contributed by atoms with E-state index in [-0.39, 0.29) is 12.4 Å². The highest BCUT2D eigenvalue weighted by atomic mass is 79.9. The summed E-state index contributed by atoms with van der Waals surface area (Å²) in [5, 5.41) is 0. The third-order valence-electron chi connectivity index (χ3n) is 3.36. The Bertz CT molecular complexity index is 499. The number of sulfonamides is 1. The highest BCUT2D eigenvalue weighted by Crippen LogP contribution is 2.24. The smallest absolute Gasteiger partial charge is 0.243 e. The van der Waals surface area contributed by atoms with Crippen LogP contribution in [0.4, 0.5) is 0 Å². The normalized spacial score (nSPS) is 18.0. The molecule has 0 atom stereocenters. The van der Waals surface area contributed by atoms with Gasteiger partial charge in [-0.3, -0.25) is 0 Å². The Labute approximate surface area is 128 Å². The topological polar surface area (TPSA) is 63.4 Å². The van der Waals surface area contributed by atoms with E-state index in [0.717, 1.165) is 17.3 Å². The van der Waals surface area contributed by atoms with Crippen LogP contribution in [0.15, 0.2) is 33.6 Å². The fourth-order valence-corrected chi connectivity index (χ4v) is 3.88. The van der Waals surface area contributed by atoms with Crippen LogP contribution >= 0.6 is 28.3 Å². The molecule has 108 valence electrons. The highest BCUT2D eigenvalue weighted by molar-refractivity contribution is 9.10. The van der Waals surface area contributed by atoms with Crippen LogP contribution in [0.1, 0.15) is 12.8 Å². The van der Waals surface area contributed by atoms with Crippen molar-refractivity contribution in [1.29, 1.82) is 0 Å². The molecule has 0 aliphatic carbocycles.